The van der Waals surface area contributed by atoms with Gasteiger partial charge in [0, 0.05) is 84.8 Å². The predicted octanol–water partition coefficient (Wildman–Crippen LogP) is 6.44. The number of aliphatic hydroxyl groups is 1. The van der Waals surface area contributed by atoms with Crippen molar-refractivity contribution in [1.82, 2.24) is 25.5 Å². The number of halogens is 2. The third kappa shape index (κ3) is 7.28. The van der Waals surface area contributed by atoms with Gasteiger partial charge in [0.05, 0.1) is 41.3 Å². The number of pyridine rings is 2. The zero-order valence-electron chi connectivity index (χ0n) is 27.8. The number of methoxy groups -OCH3 is 2. The molecule has 256 valence electrons. The Morgan fingerprint density at radius 1 is 1.04 bits per heavy atom. The van der Waals surface area contributed by atoms with Gasteiger partial charge in [-0.3, -0.25) is 14.7 Å². The lowest BCUT2D eigenvalue weighted by Crippen LogP contribution is -2.35. The van der Waals surface area contributed by atoms with Crippen molar-refractivity contribution in [1.29, 1.82) is 0 Å². The molecule has 49 heavy (non-hydrogen) atoms. The maximum absolute atomic E-state index is 11.5. The fourth-order valence-corrected chi connectivity index (χ4v) is 7.54. The highest BCUT2D eigenvalue weighted by Crippen LogP contribution is 2.43. The van der Waals surface area contributed by atoms with Crippen LogP contribution in [0.1, 0.15) is 48.8 Å². The fourth-order valence-electron chi connectivity index (χ4n) is 6.89. The lowest BCUT2D eigenvalue weighted by atomic mass is 9.93. The minimum Gasteiger partial charge on any atom is -0.496 e. The number of fused-ring (bicyclic) bond motifs is 1. The van der Waals surface area contributed by atoms with Crippen LogP contribution in [0, 0.1) is 0 Å². The summed E-state index contributed by atoms with van der Waals surface area (Å²) in [5.41, 5.74) is 7.40. The fraction of sp³-hybridized carbons (Fsp3) is 0.395. The maximum atomic E-state index is 11.5. The Kier molecular flexibility index (Phi) is 9.81. The summed E-state index contributed by atoms with van der Waals surface area (Å²) in [4.78, 5) is 23.4. The van der Waals surface area contributed by atoms with E-state index in [1.807, 2.05) is 42.5 Å². The first-order chi connectivity index (χ1) is 23.7. The molecule has 3 aliphatic rings. The van der Waals surface area contributed by atoms with Crippen LogP contribution in [-0.2, 0) is 24.3 Å². The van der Waals surface area contributed by atoms with Gasteiger partial charge in [-0.15, -0.1) is 0 Å². The molecule has 9 nitrogen and oxygen atoms in total. The molecular formula is C38H41Cl2N5O4. The molecule has 2 fully saturated rings. The molecule has 3 N–H and O–H groups in total. The molecule has 1 atom stereocenters. The number of ether oxygens (including phenoxy) is 2. The summed E-state index contributed by atoms with van der Waals surface area (Å²) in [6.07, 6.45) is 6.69. The van der Waals surface area contributed by atoms with Crippen LogP contribution < -0.4 is 20.1 Å². The normalized spacial score (nSPS) is 18.2. The van der Waals surface area contributed by atoms with Gasteiger partial charge in [-0.05, 0) is 61.9 Å². The van der Waals surface area contributed by atoms with Gasteiger partial charge in [-0.25, -0.2) is 4.98 Å². The van der Waals surface area contributed by atoms with Crippen molar-refractivity contribution in [3.63, 3.8) is 0 Å². The Balaban J connectivity index is 1.13. The van der Waals surface area contributed by atoms with Crippen molar-refractivity contribution >= 4 is 29.1 Å². The quantitative estimate of drug-likeness (QED) is 0.155. The van der Waals surface area contributed by atoms with Gasteiger partial charge < -0.3 is 25.2 Å². The second-order valence-electron chi connectivity index (χ2n) is 13.3. The summed E-state index contributed by atoms with van der Waals surface area (Å²) in [6, 6.07) is 16.0. The van der Waals surface area contributed by atoms with E-state index >= 15 is 0 Å². The number of amides is 1. The van der Waals surface area contributed by atoms with Crippen LogP contribution in [0.4, 0.5) is 0 Å². The van der Waals surface area contributed by atoms with Crippen LogP contribution in [0.5, 0.6) is 11.6 Å². The number of aromatic nitrogens is 2. The summed E-state index contributed by atoms with van der Waals surface area (Å²) >= 11 is 14.3. The molecule has 0 radical (unpaired) electrons. The van der Waals surface area contributed by atoms with Gasteiger partial charge in [-0.1, -0.05) is 47.5 Å². The van der Waals surface area contributed by atoms with E-state index in [0.717, 1.165) is 85.3 Å². The van der Waals surface area contributed by atoms with E-state index in [2.05, 4.69) is 21.6 Å². The molecule has 4 aromatic rings. The average Bonchev–Trinajstić information content (AvgIpc) is 3.72. The molecule has 1 amide bonds. The van der Waals surface area contributed by atoms with Gasteiger partial charge in [-0.2, -0.15) is 0 Å². The van der Waals surface area contributed by atoms with E-state index in [9.17, 15) is 9.90 Å². The minimum atomic E-state index is -0.451. The van der Waals surface area contributed by atoms with E-state index in [4.69, 9.17) is 42.6 Å². The lowest BCUT2D eigenvalue weighted by molar-refractivity contribution is -0.119. The molecule has 1 saturated carbocycles. The molecular weight excluding hydrogens is 661 g/mol. The number of hydrogen-bond acceptors (Lipinski definition) is 8. The second-order valence-corrected chi connectivity index (χ2v) is 14.1. The van der Waals surface area contributed by atoms with Crippen molar-refractivity contribution in [2.24, 2.45) is 0 Å². The number of nitrogens with zero attached hydrogens (tertiary/aromatic N) is 3. The van der Waals surface area contributed by atoms with Crippen LogP contribution >= 0.6 is 23.2 Å². The molecule has 7 rings (SSSR count). The van der Waals surface area contributed by atoms with Gasteiger partial charge in [0.15, 0.2) is 0 Å². The molecule has 2 aromatic carbocycles. The Labute approximate surface area is 297 Å². The predicted molar refractivity (Wildman–Crippen MR) is 192 cm³/mol. The molecule has 4 heterocycles. The lowest BCUT2D eigenvalue weighted by Gasteiger charge is -2.31. The first-order valence-electron chi connectivity index (χ1n) is 16.9. The van der Waals surface area contributed by atoms with Crippen molar-refractivity contribution < 1.29 is 19.4 Å². The maximum Gasteiger partial charge on any atom is 0.220 e. The van der Waals surface area contributed by atoms with Gasteiger partial charge in [0.25, 0.3) is 0 Å². The highest BCUT2D eigenvalue weighted by Gasteiger charge is 2.40. The first-order valence-corrected chi connectivity index (χ1v) is 17.6. The van der Waals surface area contributed by atoms with E-state index in [0.29, 0.717) is 46.8 Å². The van der Waals surface area contributed by atoms with Gasteiger partial charge in [0.1, 0.15) is 5.75 Å². The number of carbonyl (C=O) groups is 1. The van der Waals surface area contributed by atoms with Crippen LogP contribution in [0.3, 0.4) is 0 Å². The van der Waals surface area contributed by atoms with Crippen molar-refractivity contribution in [2.45, 2.75) is 63.3 Å². The molecule has 1 unspecified atom stereocenters. The zero-order chi connectivity index (χ0) is 34.1. The number of carbonyl (C=O) groups excluding carboxylic acids is 1. The van der Waals surface area contributed by atoms with Gasteiger partial charge in [0.2, 0.25) is 11.8 Å². The second kappa shape index (κ2) is 14.2. The Hall–Kier alpha value is -3.73. The highest BCUT2D eigenvalue weighted by molar-refractivity contribution is 6.39. The van der Waals surface area contributed by atoms with Crippen molar-refractivity contribution in [3.8, 4) is 45.3 Å². The minimum absolute atomic E-state index is 0.103. The molecule has 1 saturated heterocycles. The SMILES string of the molecule is COc1cc(-c2nccc(-c3cccc(-c4ccc(CNCC5CCC(=O)N5)c(OC)n4)c3Cl)c2Cl)cc2c1CN(CCC1(O)CC1)CC2. The average molecular weight is 703 g/mol. The summed E-state index contributed by atoms with van der Waals surface area (Å²) < 4.78 is 11.6. The third-order valence-corrected chi connectivity index (χ3v) is 10.8. The van der Waals surface area contributed by atoms with Crippen LogP contribution in [-0.4, -0.2) is 71.4 Å². The summed E-state index contributed by atoms with van der Waals surface area (Å²) in [6.45, 7) is 3.83. The Morgan fingerprint density at radius 3 is 2.61 bits per heavy atom. The standard InChI is InChI=1S/C38H41Cl2N5O4/c1-48-32-19-25(18-23-11-16-45(22-30(23)32)17-14-38(47)12-13-38)36-35(40)28(10-15-42-36)27-4-3-5-29(34(27)39)31-8-6-24(37(44-31)49-2)20-41-21-26-7-9-33(46)43-26/h3-6,8,10,15,18-19,26,41,47H,7,9,11-14,16-17,20-22H2,1-2H3,(H,43,46). The highest BCUT2D eigenvalue weighted by atomic mass is 35.5. The van der Waals surface area contributed by atoms with Crippen LogP contribution in [0.2, 0.25) is 10.0 Å². The Bertz CT molecular complexity index is 1860. The van der Waals surface area contributed by atoms with Crippen molar-refractivity contribution in [2.75, 3.05) is 33.9 Å². The summed E-state index contributed by atoms with van der Waals surface area (Å²) in [5, 5.41) is 17.7. The number of benzene rings is 2. The molecule has 2 aromatic heterocycles. The molecule has 0 spiro atoms. The summed E-state index contributed by atoms with van der Waals surface area (Å²) in [5.74, 6) is 1.43. The van der Waals surface area contributed by atoms with Crippen LogP contribution in [0.25, 0.3) is 33.6 Å². The largest absolute Gasteiger partial charge is 0.496 e. The monoisotopic (exact) mass is 701 g/mol. The third-order valence-electron chi connectivity index (χ3n) is 9.97. The molecule has 11 heteroatoms. The molecule has 1 aliphatic carbocycles. The zero-order valence-corrected chi connectivity index (χ0v) is 29.3. The van der Waals surface area contributed by atoms with E-state index < -0.39 is 5.60 Å². The van der Waals surface area contributed by atoms with E-state index in [1.54, 1.807) is 20.4 Å². The molecule has 0 bridgehead atoms. The van der Waals surface area contributed by atoms with Crippen molar-refractivity contribution in [3.05, 3.63) is 81.5 Å². The van der Waals surface area contributed by atoms with E-state index in [-0.39, 0.29) is 11.9 Å². The number of hydrogen-bond donors (Lipinski definition) is 3. The topological polar surface area (TPSA) is 109 Å². The molecule has 2 aliphatic heterocycles. The van der Waals surface area contributed by atoms with E-state index in [1.165, 1.54) is 11.1 Å². The smallest absolute Gasteiger partial charge is 0.220 e. The Morgan fingerprint density at radius 2 is 1.86 bits per heavy atom. The summed E-state index contributed by atoms with van der Waals surface area (Å²) in [7, 11) is 3.31. The van der Waals surface area contributed by atoms with Gasteiger partial charge >= 0.3 is 0 Å². The number of rotatable bonds is 12. The van der Waals surface area contributed by atoms with Crippen LogP contribution in [0.15, 0.2) is 54.7 Å². The number of nitrogens with one attached hydrogen (secondary N) is 2. The first kappa shape index (κ1) is 33.8.